The lowest BCUT2D eigenvalue weighted by molar-refractivity contribution is -0.535. The average Bonchev–Trinajstić information content (AvgIpc) is 2.46. The maximum Gasteiger partial charge on any atom is 0.222 e. The van der Waals surface area contributed by atoms with E-state index in [0.717, 1.165) is 11.1 Å². The number of nitrogens with zero attached hydrogens (tertiary/aromatic N) is 1. The number of allylic oxidation sites excluding steroid dienone is 1. The summed E-state index contributed by atoms with van der Waals surface area (Å²) in [5.41, 5.74) is 1.78. The van der Waals surface area contributed by atoms with Gasteiger partial charge in [0.1, 0.15) is 18.3 Å². The average molecular weight is 305 g/mol. The van der Waals surface area contributed by atoms with Crippen LogP contribution in [0.2, 0.25) is 0 Å². The van der Waals surface area contributed by atoms with Gasteiger partial charge in [0.2, 0.25) is 6.04 Å². The highest BCUT2D eigenvalue weighted by Crippen LogP contribution is 2.34. The van der Waals surface area contributed by atoms with Crippen LogP contribution in [0, 0.1) is 16.0 Å². The van der Waals surface area contributed by atoms with E-state index in [1.54, 1.807) is 13.8 Å². The molecule has 0 bridgehead atoms. The standard InChI is InChI=1S/C13H23NO7/c1-6-3-8(9(14(20)21)4-7(6)2)11(17)13(19)12(18)10(16)5-15/h8-13,15-19H,3-5H2,1-2H3/t8-,9-,10-,11-,12-,13-/m1/s1. The molecule has 0 aromatic rings. The minimum Gasteiger partial charge on any atom is -0.394 e. The normalized spacial score (nSPS) is 28.9. The van der Waals surface area contributed by atoms with E-state index in [2.05, 4.69) is 0 Å². The molecule has 0 aromatic heterocycles. The first-order valence-electron chi connectivity index (χ1n) is 6.82. The zero-order valence-electron chi connectivity index (χ0n) is 12.1. The van der Waals surface area contributed by atoms with E-state index >= 15 is 0 Å². The van der Waals surface area contributed by atoms with Crippen LogP contribution in [-0.4, -0.2) is 67.5 Å². The van der Waals surface area contributed by atoms with E-state index in [1.165, 1.54) is 0 Å². The lowest BCUT2D eigenvalue weighted by Gasteiger charge is -2.35. The minimum atomic E-state index is -1.77. The van der Waals surface area contributed by atoms with Crippen LogP contribution in [0.1, 0.15) is 26.7 Å². The van der Waals surface area contributed by atoms with E-state index < -0.39 is 47.9 Å². The third-order valence-corrected chi connectivity index (χ3v) is 4.27. The number of aliphatic hydroxyl groups excluding tert-OH is 5. The van der Waals surface area contributed by atoms with Crippen LogP contribution in [0.25, 0.3) is 0 Å². The maximum absolute atomic E-state index is 11.1. The largest absolute Gasteiger partial charge is 0.394 e. The lowest BCUT2D eigenvalue weighted by atomic mass is 9.76. The summed E-state index contributed by atoms with van der Waals surface area (Å²) >= 11 is 0. The molecule has 8 heteroatoms. The van der Waals surface area contributed by atoms with Crippen LogP contribution in [0.4, 0.5) is 0 Å². The molecular weight excluding hydrogens is 282 g/mol. The van der Waals surface area contributed by atoms with Gasteiger partial charge >= 0.3 is 0 Å². The predicted octanol–water partition coefficient (Wildman–Crippen LogP) is -1.19. The Balaban J connectivity index is 2.92. The molecule has 0 unspecified atom stereocenters. The number of hydrogen-bond donors (Lipinski definition) is 5. The molecule has 0 fully saturated rings. The molecule has 0 amide bonds. The quantitative estimate of drug-likeness (QED) is 0.236. The molecule has 0 radical (unpaired) electrons. The van der Waals surface area contributed by atoms with E-state index in [9.17, 15) is 30.5 Å². The molecule has 0 heterocycles. The number of rotatable bonds is 6. The summed E-state index contributed by atoms with van der Waals surface area (Å²) in [6.07, 6.45) is -6.33. The van der Waals surface area contributed by atoms with Gasteiger partial charge < -0.3 is 25.5 Å². The number of aliphatic hydroxyl groups is 5. The fourth-order valence-corrected chi connectivity index (χ4v) is 2.67. The lowest BCUT2D eigenvalue weighted by Crippen LogP contribution is -2.52. The second-order valence-electron chi connectivity index (χ2n) is 5.71. The van der Waals surface area contributed by atoms with Crippen LogP contribution in [0.15, 0.2) is 11.1 Å². The molecule has 1 aliphatic rings. The first kappa shape index (κ1) is 18.0. The second-order valence-corrected chi connectivity index (χ2v) is 5.71. The van der Waals surface area contributed by atoms with Crippen molar-refractivity contribution in [3.8, 4) is 0 Å². The summed E-state index contributed by atoms with van der Waals surface area (Å²) < 4.78 is 0. The second kappa shape index (κ2) is 7.28. The van der Waals surface area contributed by atoms with Crippen molar-refractivity contribution in [2.24, 2.45) is 5.92 Å². The molecular formula is C13H23NO7. The van der Waals surface area contributed by atoms with Crippen molar-refractivity contribution < 1.29 is 30.5 Å². The van der Waals surface area contributed by atoms with E-state index in [4.69, 9.17) is 5.11 Å². The summed E-state index contributed by atoms with van der Waals surface area (Å²) in [6.45, 7) is 2.80. The van der Waals surface area contributed by atoms with Gasteiger partial charge in [-0.1, -0.05) is 11.1 Å². The van der Waals surface area contributed by atoms with E-state index in [-0.39, 0.29) is 12.8 Å². The van der Waals surface area contributed by atoms with Gasteiger partial charge in [-0.2, -0.15) is 0 Å². The first-order valence-corrected chi connectivity index (χ1v) is 6.82. The predicted molar refractivity (Wildman–Crippen MR) is 73.0 cm³/mol. The topological polar surface area (TPSA) is 144 Å². The monoisotopic (exact) mass is 305 g/mol. The first-order chi connectivity index (χ1) is 9.70. The molecule has 0 saturated carbocycles. The Morgan fingerprint density at radius 1 is 1.14 bits per heavy atom. The zero-order valence-corrected chi connectivity index (χ0v) is 12.1. The third-order valence-electron chi connectivity index (χ3n) is 4.27. The van der Waals surface area contributed by atoms with E-state index in [0.29, 0.717) is 0 Å². The van der Waals surface area contributed by atoms with Crippen LogP contribution in [-0.2, 0) is 0 Å². The van der Waals surface area contributed by atoms with Crippen molar-refractivity contribution in [1.29, 1.82) is 0 Å². The maximum atomic E-state index is 11.1. The van der Waals surface area contributed by atoms with Crippen molar-refractivity contribution in [2.75, 3.05) is 6.61 Å². The van der Waals surface area contributed by atoms with Gasteiger partial charge in [-0.3, -0.25) is 10.1 Å². The molecule has 0 spiro atoms. The van der Waals surface area contributed by atoms with Crippen molar-refractivity contribution in [2.45, 2.75) is 57.1 Å². The summed E-state index contributed by atoms with van der Waals surface area (Å²) in [4.78, 5) is 10.6. The Hall–Kier alpha value is -1.06. The molecule has 0 aromatic carbocycles. The van der Waals surface area contributed by atoms with Crippen LogP contribution in [0.5, 0.6) is 0 Å². The summed E-state index contributed by atoms with van der Waals surface area (Å²) in [5, 5.41) is 58.8. The molecule has 21 heavy (non-hydrogen) atoms. The Kier molecular flexibility index (Phi) is 6.24. The highest BCUT2D eigenvalue weighted by atomic mass is 16.6. The summed E-state index contributed by atoms with van der Waals surface area (Å²) in [5.74, 6) is -0.862. The summed E-state index contributed by atoms with van der Waals surface area (Å²) in [7, 11) is 0. The van der Waals surface area contributed by atoms with Gasteiger partial charge in [-0.05, 0) is 20.3 Å². The van der Waals surface area contributed by atoms with Crippen LogP contribution < -0.4 is 0 Å². The fourth-order valence-electron chi connectivity index (χ4n) is 2.67. The Bertz CT molecular complexity index is 411. The smallest absolute Gasteiger partial charge is 0.222 e. The summed E-state index contributed by atoms with van der Waals surface area (Å²) in [6, 6.07) is -1.06. The van der Waals surface area contributed by atoms with Crippen LogP contribution >= 0.6 is 0 Å². The van der Waals surface area contributed by atoms with Crippen molar-refractivity contribution in [3.05, 3.63) is 21.3 Å². The molecule has 1 rings (SSSR count). The van der Waals surface area contributed by atoms with Gasteiger partial charge in [-0.15, -0.1) is 0 Å². The van der Waals surface area contributed by atoms with Gasteiger partial charge in [-0.25, -0.2) is 0 Å². The molecule has 8 nitrogen and oxygen atoms in total. The molecule has 0 aliphatic heterocycles. The Morgan fingerprint density at radius 3 is 2.14 bits per heavy atom. The Morgan fingerprint density at radius 2 is 1.67 bits per heavy atom. The SMILES string of the molecule is CC1=C(C)C[C@@H]([N+](=O)[O-])[C@H]([C@@H](O)[C@@H](O)[C@H](O)[C@H](O)CO)C1. The zero-order chi connectivity index (χ0) is 16.3. The van der Waals surface area contributed by atoms with Gasteiger partial charge in [0.05, 0.1) is 18.6 Å². The van der Waals surface area contributed by atoms with Crippen molar-refractivity contribution in [3.63, 3.8) is 0 Å². The highest BCUT2D eigenvalue weighted by Gasteiger charge is 2.44. The third kappa shape index (κ3) is 3.98. The molecule has 5 N–H and O–H groups in total. The van der Waals surface area contributed by atoms with Crippen molar-refractivity contribution in [1.82, 2.24) is 0 Å². The van der Waals surface area contributed by atoms with Gasteiger partial charge in [0, 0.05) is 11.3 Å². The number of hydrogen-bond acceptors (Lipinski definition) is 7. The van der Waals surface area contributed by atoms with Gasteiger partial charge in [0.25, 0.3) is 0 Å². The van der Waals surface area contributed by atoms with Crippen molar-refractivity contribution >= 4 is 0 Å². The molecule has 0 saturated heterocycles. The van der Waals surface area contributed by atoms with E-state index in [1.807, 2.05) is 0 Å². The minimum absolute atomic E-state index is 0.173. The molecule has 6 atom stereocenters. The molecule has 1 aliphatic carbocycles. The number of nitro groups is 1. The molecule has 122 valence electrons. The van der Waals surface area contributed by atoms with Gasteiger partial charge in [0.15, 0.2) is 0 Å². The Labute approximate surface area is 122 Å². The highest BCUT2D eigenvalue weighted by molar-refractivity contribution is 5.17. The van der Waals surface area contributed by atoms with Crippen LogP contribution in [0.3, 0.4) is 0 Å². The fraction of sp³-hybridized carbons (Fsp3) is 0.846.